The standard InChI is InChI=1S/C15H24N4OS/c1-3-11-8-10(9-14(17-11)19-16)15(20)18-12-6-4-5-7-13(12)21-2/h8-9,12-13H,3-7,16H2,1-2H3,(H,17,19)(H,18,20). The van der Waals surface area contributed by atoms with Crippen LogP contribution < -0.4 is 16.6 Å². The number of anilines is 1. The summed E-state index contributed by atoms with van der Waals surface area (Å²) in [6.07, 6.45) is 7.58. The molecule has 0 saturated heterocycles. The number of hydrogen-bond acceptors (Lipinski definition) is 5. The Morgan fingerprint density at radius 1 is 1.43 bits per heavy atom. The molecule has 1 aromatic heterocycles. The van der Waals surface area contributed by atoms with E-state index in [-0.39, 0.29) is 11.9 Å². The van der Waals surface area contributed by atoms with Gasteiger partial charge in [0.15, 0.2) is 0 Å². The first kappa shape index (κ1) is 16.1. The normalized spacial score (nSPS) is 21.9. The Morgan fingerprint density at radius 2 is 2.19 bits per heavy atom. The molecule has 1 fully saturated rings. The van der Waals surface area contributed by atoms with Crippen molar-refractivity contribution in [1.82, 2.24) is 10.3 Å². The van der Waals surface area contributed by atoms with Crippen LogP contribution in [0.3, 0.4) is 0 Å². The maximum absolute atomic E-state index is 12.5. The largest absolute Gasteiger partial charge is 0.348 e. The van der Waals surface area contributed by atoms with E-state index in [1.807, 2.05) is 24.8 Å². The predicted molar refractivity (Wildman–Crippen MR) is 88.5 cm³/mol. The van der Waals surface area contributed by atoms with Crippen molar-refractivity contribution in [3.63, 3.8) is 0 Å². The Morgan fingerprint density at radius 3 is 2.86 bits per heavy atom. The molecule has 0 aromatic carbocycles. The van der Waals surface area contributed by atoms with Gasteiger partial charge in [-0.15, -0.1) is 0 Å². The highest BCUT2D eigenvalue weighted by Crippen LogP contribution is 2.27. The molecule has 21 heavy (non-hydrogen) atoms. The van der Waals surface area contributed by atoms with Crippen LogP contribution in [-0.2, 0) is 6.42 Å². The van der Waals surface area contributed by atoms with Gasteiger partial charge in [-0.1, -0.05) is 19.8 Å². The monoisotopic (exact) mass is 308 g/mol. The first-order valence-corrected chi connectivity index (χ1v) is 8.78. The van der Waals surface area contributed by atoms with E-state index in [0.29, 0.717) is 16.6 Å². The van der Waals surface area contributed by atoms with Gasteiger partial charge in [-0.05, 0) is 37.7 Å². The molecule has 0 bridgehead atoms. The van der Waals surface area contributed by atoms with Gasteiger partial charge < -0.3 is 10.7 Å². The average molecular weight is 308 g/mol. The van der Waals surface area contributed by atoms with E-state index in [4.69, 9.17) is 5.84 Å². The molecule has 1 heterocycles. The number of thioether (sulfide) groups is 1. The minimum absolute atomic E-state index is 0.0328. The number of nitrogens with zero attached hydrogens (tertiary/aromatic N) is 1. The lowest BCUT2D eigenvalue weighted by atomic mass is 9.94. The zero-order valence-corrected chi connectivity index (χ0v) is 13.5. The quantitative estimate of drug-likeness (QED) is 0.574. The predicted octanol–water partition coefficient (Wildman–Crippen LogP) is 2.33. The Balaban J connectivity index is 2.12. The van der Waals surface area contributed by atoms with Gasteiger partial charge in [0.25, 0.3) is 5.91 Å². The van der Waals surface area contributed by atoms with Crippen molar-refractivity contribution >= 4 is 23.5 Å². The van der Waals surface area contributed by atoms with E-state index in [9.17, 15) is 4.79 Å². The van der Waals surface area contributed by atoms with Crippen LogP contribution in [0.4, 0.5) is 5.82 Å². The van der Waals surface area contributed by atoms with E-state index in [0.717, 1.165) is 18.5 Å². The molecule has 6 heteroatoms. The van der Waals surface area contributed by atoms with Crippen molar-refractivity contribution in [2.45, 2.75) is 50.3 Å². The number of hydrogen-bond donors (Lipinski definition) is 3. The van der Waals surface area contributed by atoms with Gasteiger partial charge in [-0.3, -0.25) is 4.79 Å². The number of pyridine rings is 1. The van der Waals surface area contributed by atoms with Crippen LogP contribution in [0, 0.1) is 0 Å². The molecule has 1 saturated carbocycles. The highest BCUT2D eigenvalue weighted by molar-refractivity contribution is 7.99. The number of aromatic nitrogens is 1. The van der Waals surface area contributed by atoms with Gasteiger partial charge in [0.2, 0.25) is 0 Å². The summed E-state index contributed by atoms with van der Waals surface area (Å²) in [5, 5.41) is 3.70. The molecule has 0 radical (unpaired) electrons. The molecule has 2 rings (SSSR count). The molecule has 1 aliphatic carbocycles. The summed E-state index contributed by atoms with van der Waals surface area (Å²) in [7, 11) is 0. The van der Waals surface area contributed by atoms with Crippen molar-refractivity contribution in [3.05, 3.63) is 23.4 Å². The third-order valence-electron chi connectivity index (χ3n) is 3.97. The fourth-order valence-electron chi connectivity index (χ4n) is 2.77. The highest BCUT2D eigenvalue weighted by atomic mass is 32.2. The Kier molecular flexibility index (Phi) is 5.87. The summed E-state index contributed by atoms with van der Waals surface area (Å²) in [5.74, 6) is 5.92. The number of carbonyl (C=O) groups is 1. The summed E-state index contributed by atoms with van der Waals surface area (Å²) in [4.78, 5) is 16.8. The summed E-state index contributed by atoms with van der Waals surface area (Å²) in [5.41, 5.74) is 4.01. The Labute approximate surface area is 130 Å². The zero-order valence-electron chi connectivity index (χ0n) is 12.7. The van der Waals surface area contributed by atoms with Crippen molar-refractivity contribution < 1.29 is 4.79 Å². The van der Waals surface area contributed by atoms with Crippen LogP contribution in [0.15, 0.2) is 12.1 Å². The Bertz CT molecular complexity index is 472. The van der Waals surface area contributed by atoms with E-state index in [1.165, 1.54) is 19.3 Å². The second-order valence-corrected chi connectivity index (χ2v) is 6.45. The minimum Gasteiger partial charge on any atom is -0.348 e. The third-order valence-corrected chi connectivity index (χ3v) is 5.14. The SMILES string of the molecule is CCc1cc(C(=O)NC2CCCCC2SC)cc(NN)n1. The van der Waals surface area contributed by atoms with E-state index < -0.39 is 0 Å². The molecule has 1 aliphatic rings. The summed E-state index contributed by atoms with van der Waals surface area (Å²) >= 11 is 1.85. The van der Waals surface area contributed by atoms with Gasteiger partial charge in [0, 0.05) is 22.5 Å². The molecular weight excluding hydrogens is 284 g/mol. The van der Waals surface area contributed by atoms with Gasteiger partial charge in [0.1, 0.15) is 5.82 Å². The molecule has 1 amide bonds. The summed E-state index contributed by atoms with van der Waals surface area (Å²) in [6, 6.07) is 3.80. The molecule has 2 unspecified atom stereocenters. The molecule has 2 atom stereocenters. The first-order valence-electron chi connectivity index (χ1n) is 7.49. The van der Waals surface area contributed by atoms with Gasteiger partial charge >= 0.3 is 0 Å². The van der Waals surface area contributed by atoms with Crippen molar-refractivity contribution in [3.8, 4) is 0 Å². The van der Waals surface area contributed by atoms with Crippen LogP contribution in [0.5, 0.6) is 0 Å². The number of aryl methyl sites for hydroxylation is 1. The molecule has 4 N–H and O–H groups in total. The summed E-state index contributed by atoms with van der Waals surface area (Å²) < 4.78 is 0. The fourth-order valence-corrected chi connectivity index (χ4v) is 3.70. The number of nitrogen functional groups attached to an aromatic ring is 1. The van der Waals surface area contributed by atoms with Gasteiger partial charge in [0.05, 0.1) is 0 Å². The fraction of sp³-hybridized carbons (Fsp3) is 0.600. The molecule has 0 aliphatic heterocycles. The van der Waals surface area contributed by atoms with E-state index in [2.05, 4.69) is 22.0 Å². The second-order valence-electron chi connectivity index (χ2n) is 5.37. The van der Waals surface area contributed by atoms with Crippen LogP contribution in [0.25, 0.3) is 0 Å². The lowest BCUT2D eigenvalue weighted by molar-refractivity contribution is 0.0929. The van der Waals surface area contributed by atoms with Crippen LogP contribution >= 0.6 is 11.8 Å². The smallest absolute Gasteiger partial charge is 0.251 e. The lowest BCUT2D eigenvalue weighted by Gasteiger charge is -2.31. The number of amides is 1. The number of carbonyl (C=O) groups excluding carboxylic acids is 1. The molecular formula is C15H24N4OS. The highest BCUT2D eigenvalue weighted by Gasteiger charge is 2.26. The summed E-state index contributed by atoms with van der Waals surface area (Å²) in [6.45, 7) is 2.01. The molecule has 0 spiro atoms. The van der Waals surface area contributed by atoms with Crippen LogP contribution in [0.2, 0.25) is 0 Å². The number of nitrogens with two attached hydrogens (primary N) is 1. The van der Waals surface area contributed by atoms with Crippen molar-refractivity contribution in [1.29, 1.82) is 0 Å². The molecule has 1 aromatic rings. The van der Waals surface area contributed by atoms with Gasteiger partial charge in [-0.25, -0.2) is 10.8 Å². The topological polar surface area (TPSA) is 80.0 Å². The second kappa shape index (κ2) is 7.66. The molecule has 116 valence electrons. The van der Waals surface area contributed by atoms with E-state index >= 15 is 0 Å². The Hall–Kier alpha value is -1.27. The van der Waals surface area contributed by atoms with Crippen LogP contribution in [-0.4, -0.2) is 28.4 Å². The van der Waals surface area contributed by atoms with Crippen molar-refractivity contribution in [2.24, 2.45) is 5.84 Å². The van der Waals surface area contributed by atoms with Gasteiger partial charge in [-0.2, -0.15) is 11.8 Å². The molecule has 5 nitrogen and oxygen atoms in total. The maximum Gasteiger partial charge on any atom is 0.251 e. The number of nitrogens with one attached hydrogen (secondary N) is 2. The zero-order chi connectivity index (χ0) is 15.2. The van der Waals surface area contributed by atoms with Crippen LogP contribution in [0.1, 0.15) is 48.7 Å². The lowest BCUT2D eigenvalue weighted by Crippen LogP contribution is -2.43. The first-order chi connectivity index (χ1) is 10.2. The number of hydrazine groups is 1. The maximum atomic E-state index is 12.5. The van der Waals surface area contributed by atoms with E-state index in [1.54, 1.807) is 6.07 Å². The average Bonchev–Trinajstić information content (AvgIpc) is 2.54. The minimum atomic E-state index is -0.0328. The number of rotatable bonds is 5. The van der Waals surface area contributed by atoms with Crippen molar-refractivity contribution in [2.75, 3.05) is 11.7 Å². The third kappa shape index (κ3) is 4.11.